The fraction of sp³-hybridized carbons (Fsp3) is 0.148. The molecule has 1 heterocycles. The summed E-state index contributed by atoms with van der Waals surface area (Å²) in [4.78, 5) is 20.2. The van der Waals surface area contributed by atoms with Gasteiger partial charge in [-0.2, -0.15) is 5.26 Å². The normalized spacial score (nSPS) is 15.4. The van der Waals surface area contributed by atoms with Gasteiger partial charge in [0, 0.05) is 21.2 Å². The number of nitriles is 1. The number of ether oxygens (including phenoxy) is 2. The SMILES string of the molecule is CCN1C(=O)/C(=C\c2cc(I)cc(I)c2OCc2ccccc2C#N)SC1=Nc1ccc(OC)cc1. The van der Waals surface area contributed by atoms with Gasteiger partial charge in [-0.05, 0) is 112 Å². The Balaban J connectivity index is 1.66. The highest BCUT2D eigenvalue weighted by atomic mass is 127. The number of likely N-dealkylation sites (N-methyl/N-ethyl adjacent to an activating group) is 1. The molecule has 1 aliphatic heterocycles. The summed E-state index contributed by atoms with van der Waals surface area (Å²) in [6, 6.07) is 21.0. The van der Waals surface area contributed by atoms with Crippen LogP contribution in [0.5, 0.6) is 11.5 Å². The lowest BCUT2D eigenvalue weighted by Gasteiger charge is -2.14. The minimum absolute atomic E-state index is 0.0931. The van der Waals surface area contributed by atoms with Gasteiger partial charge in [-0.25, -0.2) is 4.99 Å². The summed E-state index contributed by atoms with van der Waals surface area (Å²) >= 11 is 5.84. The van der Waals surface area contributed by atoms with Gasteiger partial charge in [0.1, 0.15) is 18.1 Å². The molecule has 0 saturated carbocycles. The molecule has 182 valence electrons. The fourth-order valence-electron chi connectivity index (χ4n) is 3.52. The summed E-state index contributed by atoms with van der Waals surface area (Å²) in [7, 11) is 1.62. The number of aliphatic imine (C=N–C) groups is 1. The lowest BCUT2D eigenvalue weighted by molar-refractivity contribution is -0.122. The molecule has 6 nitrogen and oxygen atoms in total. The Hall–Kier alpha value is -2.56. The van der Waals surface area contributed by atoms with Gasteiger partial charge >= 0.3 is 0 Å². The monoisotopic (exact) mass is 721 g/mol. The highest BCUT2D eigenvalue weighted by Gasteiger charge is 2.32. The summed E-state index contributed by atoms with van der Waals surface area (Å²) < 4.78 is 13.4. The molecular weight excluding hydrogens is 700 g/mol. The second-order valence-electron chi connectivity index (χ2n) is 7.62. The Labute approximate surface area is 241 Å². The number of rotatable bonds is 7. The Kier molecular flexibility index (Phi) is 8.92. The summed E-state index contributed by atoms with van der Waals surface area (Å²) in [5, 5.41) is 10.0. The molecule has 0 N–H and O–H groups in total. The zero-order valence-corrected chi connectivity index (χ0v) is 24.6. The van der Waals surface area contributed by atoms with Gasteiger partial charge in [0.05, 0.1) is 32.9 Å². The lowest BCUT2D eigenvalue weighted by Crippen LogP contribution is -2.28. The molecule has 1 aliphatic rings. The van der Waals surface area contributed by atoms with Gasteiger partial charge in [0.25, 0.3) is 5.91 Å². The number of nitrogens with zero attached hydrogens (tertiary/aromatic N) is 3. The smallest absolute Gasteiger partial charge is 0.266 e. The van der Waals surface area contributed by atoms with Crippen molar-refractivity contribution in [3.05, 3.63) is 89.4 Å². The summed E-state index contributed by atoms with van der Waals surface area (Å²) in [5.41, 5.74) is 2.94. The number of halogens is 2. The standard InChI is InChI=1S/C27H21I2N3O3S/c1-3-32-26(33)24(36-27(32)31-21-8-10-22(34-2)11-9-21)13-19-12-20(28)14-23(29)25(19)35-16-18-7-5-4-6-17(18)15-30/h4-14H,3,16H2,1-2H3/b24-13+,31-27?. The lowest BCUT2D eigenvalue weighted by atomic mass is 10.1. The second-order valence-corrected chi connectivity index (χ2v) is 11.0. The number of amidine groups is 1. The number of hydrogen-bond acceptors (Lipinski definition) is 6. The van der Waals surface area contributed by atoms with E-state index < -0.39 is 0 Å². The predicted octanol–water partition coefficient (Wildman–Crippen LogP) is 6.98. The average molecular weight is 721 g/mol. The maximum atomic E-state index is 13.2. The van der Waals surface area contributed by atoms with E-state index in [1.54, 1.807) is 18.1 Å². The minimum Gasteiger partial charge on any atom is -0.497 e. The molecule has 1 fully saturated rings. The first kappa shape index (κ1) is 26.5. The van der Waals surface area contributed by atoms with Gasteiger partial charge in [-0.3, -0.25) is 9.69 Å². The van der Waals surface area contributed by atoms with Crippen LogP contribution in [0.3, 0.4) is 0 Å². The molecule has 3 aromatic rings. The van der Waals surface area contributed by atoms with E-state index in [0.29, 0.717) is 27.9 Å². The van der Waals surface area contributed by atoms with Crippen molar-refractivity contribution < 1.29 is 14.3 Å². The zero-order chi connectivity index (χ0) is 25.7. The number of carbonyl (C=O) groups excluding carboxylic acids is 1. The second kappa shape index (κ2) is 12.1. The quantitative estimate of drug-likeness (QED) is 0.195. The van der Waals surface area contributed by atoms with Crippen LogP contribution in [0.15, 0.2) is 70.6 Å². The summed E-state index contributed by atoms with van der Waals surface area (Å²) in [5.74, 6) is 1.33. The molecule has 4 rings (SSSR count). The van der Waals surface area contributed by atoms with Crippen LogP contribution in [0.2, 0.25) is 0 Å². The molecule has 1 amide bonds. The van der Waals surface area contributed by atoms with Crippen molar-refractivity contribution in [1.82, 2.24) is 4.90 Å². The van der Waals surface area contributed by atoms with Gasteiger partial charge in [0.2, 0.25) is 0 Å². The van der Waals surface area contributed by atoms with Crippen LogP contribution in [0.4, 0.5) is 5.69 Å². The molecule has 1 saturated heterocycles. The maximum Gasteiger partial charge on any atom is 0.266 e. The van der Waals surface area contributed by atoms with Crippen molar-refractivity contribution in [3.63, 3.8) is 0 Å². The fourth-order valence-corrected chi connectivity index (χ4v) is 6.62. The van der Waals surface area contributed by atoms with E-state index in [9.17, 15) is 10.1 Å². The van der Waals surface area contributed by atoms with E-state index in [-0.39, 0.29) is 12.5 Å². The third-order valence-electron chi connectivity index (χ3n) is 5.34. The number of carbonyl (C=O) groups is 1. The molecular formula is C27H21I2N3O3S. The zero-order valence-electron chi connectivity index (χ0n) is 19.5. The van der Waals surface area contributed by atoms with Crippen LogP contribution >= 0.6 is 56.9 Å². The van der Waals surface area contributed by atoms with Crippen molar-refractivity contribution in [2.75, 3.05) is 13.7 Å². The first-order chi connectivity index (χ1) is 17.4. The first-order valence-electron chi connectivity index (χ1n) is 11.0. The number of amides is 1. The van der Waals surface area contributed by atoms with E-state index in [2.05, 4.69) is 51.3 Å². The minimum atomic E-state index is -0.0931. The topological polar surface area (TPSA) is 74.9 Å². The van der Waals surface area contributed by atoms with Gasteiger partial charge < -0.3 is 9.47 Å². The van der Waals surface area contributed by atoms with Gasteiger partial charge in [-0.1, -0.05) is 18.2 Å². The van der Waals surface area contributed by atoms with Gasteiger partial charge in [0.15, 0.2) is 5.17 Å². The van der Waals surface area contributed by atoms with Crippen molar-refractivity contribution >= 4 is 79.8 Å². The Morgan fingerprint density at radius 1 is 1.14 bits per heavy atom. The van der Waals surface area contributed by atoms with Crippen molar-refractivity contribution in [2.45, 2.75) is 13.5 Å². The third-order valence-corrected chi connectivity index (χ3v) is 7.77. The van der Waals surface area contributed by atoms with Crippen molar-refractivity contribution in [3.8, 4) is 17.6 Å². The van der Waals surface area contributed by atoms with E-state index in [0.717, 1.165) is 29.7 Å². The third kappa shape index (κ3) is 6.04. The van der Waals surface area contributed by atoms with Crippen LogP contribution in [0.25, 0.3) is 6.08 Å². The number of hydrogen-bond donors (Lipinski definition) is 0. The molecule has 0 unspecified atom stereocenters. The molecule has 0 bridgehead atoms. The largest absolute Gasteiger partial charge is 0.497 e. The summed E-state index contributed by atoms with van der Waals surface area (Å²) in [6.07, 6.45) is 1.86. The molecule has 0 spiro atoms. The van der Waals surface area contributed by atoms with Crippen LogP contribution in [-0.2, 0) is 11.4 Å². The van der Waals surface area contributed by atoms with E-state index in [1.165, 1.54) is 11.8 Å². The van der Waals surface area contributed by atoms with E-state index >= 15 is 0 Å². The molecule has 9 heteroatoms. The highest BCUT2D eigenvalue weighted by molar-refractivity contribution is 14.1. The Morgan fingerprint density at radius 2 is 1.89 bits per heavy atom. The molecule has 0 atom stereocenters. The molecule has 36 heavy (non-hydrogen) atoms. The molecule has 0 radical (unpaired) electrons. The first-order valence-corrected chi connectivity index (χ1v) is 13.9. The van der Waals surface area contributed by atoms with Crippen LogP contribution in [0.1, 0.15) is 23.6 Å². The van der Waals surface area contributed by atoms with Crippen molar-refractivity contribution in [2.24, 2.45) is 4.99 Å². The maximum absolute atomic E-state index is 13.2. The van der Waals surface area contributed by atoms with Gasteiger partial charge in [-0.15, -0.1) is 0 Å². The molecule has 3 aromatic carbocycles. The Bertz CT molecular complexity index is 1400. The molecule has 0 aromatic heterocycles. The van der Waals surface area contributed by atoms with Crippen LogP contribution in [0, 0.1) is 18.5 Å². The molecule has 0 aliphatic carbocycles. The number of benzene rings is 3. The number of thioether (sulfide) groups is 1. The predicted molar refractivity (Wildman–Crippen MR) is 160 cm³/mol. The Morgan fingerprint density at radius 3 is 2.58 bits per heavy atom. The number of methoxy groups -OCH3 is 1. The van der Waals surface area contributed by atoms with Crippen LogP contribution in [-0.4, -0.2) is 29.6 Å². The van der Waals surface area contributed by atoms with E-state index in [4.69, 9.17) is 14.5 Å². The van der Waals surface area contributed by atoms with E-state index in [1.807, 2.05) is 67.6 Å². The average Bonchev–Trinajstić information content (AvgIpc) is 3.17. The van der Waals surface area contributed by atoms with Crippen molar-refractivity contribution in [1.29, 1.82) is 5.26 Å². The summed E-state index contributed by atoms with van der Waals surface area (Å²) in [6.45, 7) is 2.69. The van der Waals surface area contributed by atoms with Crippen LogP contribution < -0.4 is 9.47 Å². The highest BCUT2D eigenvalue weighted by Crippen LogP contribution is 2.37.